The Balaban J connectivity index is 1.45. The molecule has 0 unspecified atom stereocenters. The molecule has 0 saturated carbocycles. The zero-order valence-electron chi connectivity index (χ0n) is 31.2. The lowest BCUT2D eigenvalue weighted by atomic mass is 10.2. The number of benzene rings is 3. The van der Waals surface area contributed by atoms with Gasteiger partial charge in [0, 0.05) is 49.1 Å². The number of rotatable bonds is 17. The van der Waals surface area contributed by atoms with Crippen molar-refractivity contribution >= 4 is 48.5 Å². The van der Waals surface area contributed by atoms with Crippen LogP contribution in [0.5, 0.6) is 23.5 Å². The fourth-order valence-corrected chi connectivity index (χ4v) is 10.8. The number of para-hydroxylation sites is 2. The third-order valence-corrected chi connectivity index (χ3v) is 14.3. The van der Waals surface area contributed by atoms with E-state index in [1.165, 1.54) is 97.6 Å². The maximum absolute atomic E-state index is 15.2. The predicted octanol–water partition coefficient (Wildman–Crippen LogP) is 8.98. The topological polar surface area (TPSA) is 172 Å². The van der Waals surface area contributed by atoms with Crippen molar-refractivity contribution in [2.45, 2.75) is 23.6 Å². The first-order valence-electron chi connectivity index (χ1n) is 17.6. The van der Waals surface area contributed by atoms with Crippen LogP contribution in [0.2, 0.25) is 0 Å². The van der Waals surface area contributed by atoms with E-state index in [4.69, 9.17) is 22.7 Å². The Morgan fingerprint density at radius 1 is 0.441 bits per heavy atom. The van der Waals surface area contributed by atoms with E-state index >= 15 is 8.42 Å². The minimum absolute atomic E-state index is 0.00700. The molecule has 300 valence electrons. The van der Waals surface area contributed by atoms with Crippen LogP contribution in [0, 0.1) is 13.8 Å². The minimum Gasteiger partial charge on any atom is -0.404 e. The van der Waals surface area contributed by atoms with Gasteiger partial charge in [-0.3, -0.25) is 0 Å². The molecule has 0 aliphatic heterocycles. The fraction of sp³-hybridized carbons (Fsp3) is 0.0500. The van der Waals surface area contributed by atoms with Gasteiger partial charge in [-0.25, -0.2) is 28.4 Å². The van der Waals surface area contributed by atoms with Crippen molar-refractivity contribution in [1.82, 2.24) is 19.9 Å². The summed E-state index contributed by atoms with van der Waals surface area (Å²) in [5.41, 5.74) is 1.04. The minimum atomic E-state index is -4.76. The SMILES string of the molecule is Cc1ccc(S(=O)(=O)N(OP(Oc2ccccn2)Oc2ccccn2)c2ccccc2N(P(Oc2ccccn2)Oc2ccccn2)S(=O)(=O)c2ccc(C)cc2)cc1. The van der Waals surface area contributed by atoms with Gasteiger partial charge in [0.2, 0.25) is 23.5 Å². The molecule has 0 saturated heterocycles. The van der Waals surface area contributed by atoms with Gasteiger partial charge in [-0.15, -0.1) is 4.47 Å². The molecule has 0 N–H and O–H groups in total. The number of hydrogen-bond donors (Lipinski definition) is 0. The predicted molar refractivity (Wildman–Crippen MR) is 223 cm³/mol. The van der Waals surface area contributed by atoms with E-state index in [1.807, 2.05) is 6.92 Å². The van der Waals surface area contributed by atoms with Gasteiger partial charge in [-0.2, -0.15) is 17.1 Å². The average molecular weight is 869 g/mol. The van der Waals surface area contributed by atoms with Crippen LogP contribution in [-0.4, -0.2) is 36.8 Å². The summed E-state index contributed by atoms with van der Waals surface area (Å²) in [5, 5.41) is 0. The number of aryl methyl sites for hydroxylation is 2. The van der Waals surface area contributed by atoms with E-state index in [9.17, 15) is 8.42 Å². The Kier molecular flexibility index (Phi) is 12.9. The maximum Gasteiger partial charge on any atom is 0.490 e. The van der Waals surface area contributed by atoms with Crippen molar-refractivity contribution in [2.24, 2.45) is 0 Å². The number of sulfonamides is 2. The van der Waals surface area contributed by atoms with Gasteiger partial charge >= 0.3 is 17.1 Å². The molecule has 19 heteroatoms. The van der Waals surface area contributed by atoms with Gasteiger partial charge in [0.1, 0.15) is 5.69 Å². The largest absolute Gasteiger partial charge is 0.490 e. The number of nitrogens with zero attached hydrogens (tertiary/aromatic N) is 6. The molecule has 7 aromatic rings. The average Bonchev–Trinajstić information content (AvgIpc) is 3.25. The van der Waals surface area contributed by atoms with E-state index in [0.717, 1.165) is 15.2 Å². The molecule has 4 aromatic heterocycles. The molecule has 7 rings (SSSR count). The highest BCUT2D eigenvalue weighted by Crippen LogP contribution is 2.53. The second-order valence-corrected chi connectivity index (χ2v) is 18.2. The molecule has 0 aliphatic rings. The molecule has 0 spiro atoms. The lowest BCUT2D eigenvalue weighted by Crippen LogP contribution is -2.35. The van der Waals surface area contributed by atoms with Crippen LogP contribution >= 0.6 is 17.1 Å². The quantitative estimate of drug-likeness (QED) is 0.0628. The van der Waals surface area contributed by atoms with Gasteiger partial charge in [-0.05, 0) is 74.5 Å². The normalized spacial score (nSPS) is 11.5. The smallest absolute Gasteiger partial charge is 0.404 e. The molecule has 0 radical (unpaired) electrons. The molecule has 0 fully saturated rings. The summed E-state index contributed by atoms with van der Waals surface area (Å²) >= 11 is 0. The van der Waals surface area contributed by atoms with Crippen LogP contribution in [0.3, 0.4) is 0 Å². The van der Waals surface area contributed by atoms with E-state index in [0.29, 0.717) is 4.47 Å². The molecule has 0 aliphatic carbocycles. The Bertz CT molecular complexity index is 2580. The van der Waals surface area contributed by atoms with E-state index in [1.54, 1.807) is 79.7 Å². The standard InChI is InChI=1S/C40H34N6O9P2S2/c1-31-19-23-33(24-20-31)58(47,48)45(55-57(53-39-17-7-11-29-43-39)54-40-18-8-12-30-44-40)35-13-3-4-14-36(35)46(59(49,50)34-25-21-32(2)22-26-34)56(51-37-15-5-9-27-41-37)52-38-16-6-10-28-42-38/h3-30H,1-2H3. The molecule has 3 aromatic carbocycles. The molecule has 59 heavy (non-hydrogen) atoms. The third-order valence-electron chi connectivity index (χ3n) is 7.89. The van der Waals surface area contributed by atoms with Crippen molar-refractivity contribution in [2.75, 3.05) is 8.54 Å². The lowest BCUT2D eigenvalue weighted by molar-refractivity contribution is 0.274. The highest BCUT2D eigenvalue weighted by atomic mass is 32.2. The summed E-state index contributed by atoms with van der Waals surface area (Å²) in [6.07, 6.45) is 5.87. The van der Waals surface area contributed by atoms with Crippen molar-refractivity contribution < 1.29 is 39.6 Å². The Hall–Kier alpha value is -6.22. The highest BCUT2D eigenvalue weighted by Gasteiger charge is 2.43. The molecule has 15 nitrogen and oxygen atoms in total. The Morgan fingerprint density at radius 2 is 0.814 bits per heavy atom. The summed E-state index contributed by atoms with van der Waals surface area (Å²) in [4.78, 5) is 16.6. The van der Waals surface area contributed by atoms with Crippen LogP contribution in [0.15, 0.2) is 180 Å². The van der Waals surface area contributed by atoms with Crippen molar-refractivity contribution in [1.29, 1.82) is 0 Å². The zero-order valence-corrected chi connectivity index (χ0v) is 34.7. The van der Waals surface area contributed by atoms with Crippen LogP contribution in [0.25, 0.3) is 0 Å². The van der Waals surface area contributed by atoms with Crippen LogP contribution in [0.4, 0.5) is 11.4 Å². The number of hydrogen-bond acceptors (Lipinski definition) is 13. The molecule has 0 bridgehead atoms. The summed E-state index contributed by atoms with van der Waals surface area (Å²) < 4.78 is 92.7. The van der Waals surface area contributed by atoms with E-state index in [-0.39, 0.29) is 44.7 Å². The first-order valence-corrected chi connectivity index (χ1v) is 22.7. The van der Waals surface area contributed by atoms with Crippen molar-refractivity contribution in [3.05, 3.63) is 182 Å². The lowest BCUT2D eigenvalue weighted by Gasteiger charge is -2.33. The van der Waals surface area contributed by atoms with E-state index in [2.05, 4.69) is 19.9 Å². The van der Waals surface area contributed by atoms with Crippen LogP contribution in [0.1, 0.15) is 11.1 Å². The maximum atomic E-state index is 15.2. The van der Waals surface area contributed by atoms with Gasteiger partial charge < -0.3 is 18.1 Å². The Morgan fingerprint density at radius 3 is 1.22 bits per heavy atom. The molecule has 4 heterocycles. The number of aromatic nitrogens is 4. The van der Waals surface area contributed by atoms with Crippen LogP contribution in [-0.2, 0) is 24.7 Å². The number of anilines is 2. The molecular formula is C40H34N6O9P2S2. The van der Waals surface area contributed by atoms with Crippen molar-refractivity contribution in [3.8, 4) is 23.5 Å². The van der Waals surface area contributed by atoms with Gasteiger partial charge in [-0.1, -0.05) is 71.8 Å². The summed E-state index contributed by atoms with van der Waals surface area (Å²) in [6, 6.07) is 37.3. The second kappa shape index (κ2) is 18.6. The molecule has 0 atom stereocenters. The molecular weight excluding hydrogens is 835 g/mol. The second-order valence-electron chi connectivity index (χ2n) is 12.2. The van der Waals surface area contributed by atoms with Gasteiger partial charge in [0.25, 0.3) is 20.0 Å². The van der Waals surface area contributed by atoms with E-state index < -0.39 is 37.2 Å². The third kappa shape index (κ3) is 10.1. The van der Waals surface area contributed by atoms with Gasteiger partial charge in [0.05, 0.1) is 15.5 Å². The summed E-state index contributed by atoms with van der Waals surface area (Å²) in [6.45, 7) is 3.62. The monoisotopic (exact) mass is 868 g/mol. The number of pyridine rings is 4. The zero-order chi connectivity index (χ0) is 41.2. The summed E-state index contributed by atoms with van der Waals surface area (Å²) in [7, 11) is -15.1. The van der Waals surface area contributed by atoms with Crippen LogP contribution < -0.4 is 26.6 Å². The Labute approximate surface area is 343 Å². The fourth-order valence-electron chi connectivity index (χ4n) is 5.04. The van der Waals surface area contributed by atoms with Gasteiger partial charge in [0.15, 0.2) is 0 Å². The molecule has 0 amide bonds. The summed E-state index contributed by atoms with van der Waals surface area (Å²) in [5.74, 6) is 0.0883. The first-order chi connectivity index (χ1) is 28.6. The van der Waals surface area contributed by atoms with Crippen molar-refractivity contribution in [3.63, 3.8) is 0 Å². The first kappa shape index (κ1) is 41.0. The highest BCUT2D eigenvalue weighted by molar-refractivity contribution is 7.99.